The minimum Gasteiger partial charge on any atom is -0.207 e. The first-order valence-electron chi connectivity index (χ1n) is 7.31. The number of hydrogen-bond acceptors (Lipinski definition) is 2. The number of halogens is 2. The molecular weight excluding hydrogens is 320 g/mol. The maximum atomic E-state index is 12.7. The van der Waals surface area contributed by atoms with Crippen LogP contribution in [0.1, 0.15) is 18.4 Å². The van der Waals surface area contributed by atoms with Gasteiger partial charge in [-0.25, -0.2) is 8.42 Å². The predicted molar refractivity (Wildman–Crippen MR) is 85.6 cm³/mol. The van der Waals surface area contributed by atoms with Crippen molar-refractivity contribution in [2.75, 3.05) is 13.1 Å². The lowest BCUT2D eigenvalue weighted by Crippen LogP contribution is -2.33. The van der Waals surface area contributed by atoms with Gasteiger partial charge >= 0.3 is 0 Å². The van der Waals surface area contributed by atoms with Crippen molar-refractivity contribution in [2.45, 2.75) is 31.1 Å². The summed E-state index contributed by atoms with van der Waals surface area (Å²) in [5.41, 5.74) is 1.75. The molecule has 124 valence electrons. The van der Waals surface area contributed by atoms with Crippen molar-refractivity contribution < 1.29 is 17.2 Å². The Morgan fingerprint density at radius 1 is 1.35 bits per heavy atom. The van der Waals surface area contributed by atoms with Gasteiger partial charge in [0.05, 0.1) is 11.4 Å². The Morgan fingerprint density at radius 2 is 1.96 bits per heavy atom. The Balaban J connectivity index is 2.24. The highest BCUT2D eigenvalue weighted by Gasteiger charge is 2.30. The summed E-state index contributed by atoms with van der Waals surface area (Å²) in [4.78, 5) is 0.130. The van der Waals surface area contributed by atoms with E-state index >= 15 is 0 Å². The molecule has 0 aromatic heterocycles. The maximum absolute atomic E-state index is 12.7. The van der Waals surface area contributed by atoms with Crippen molar-refractivity contribution in [3.63, 3.8) is 0 Å². The average molecular weight is 339 g/mol. The van der Waals surface area contributed by atoms with Gasteiger partial charge in [-0.05, 0) is 43.7 Å². The molecule has 0 radical (unpaired) electrons. The molecule has 0 bridgehead atoms. The lowest BCUT2D eigenvalue weighted by atomic mass is 10.2. The summed E-state index contributed by atoms with van der Waals surface area (Å²) >= 11 is 0. The Morgan fingerprint density at radius 3 is 2.48 bits per heavy atom. The van der Waals surface area contributed by atoms with Crippen molar-refractivity contribution in [1.29, 1.82) is 0 Å². The third kappa shape index (κ3) is 4.88. The highest BCUT2D eigenvalue weighted by Crippen LogP contribution is 2.36. The van der Waals surface area contributed by atoms with Crippen LogP contribution in [0.25, 0.3) is 0 Å². The molecule has 1 aromatic carbocycles. The number of rotatable bonds is 6. The van der Waals surface area contributed by atoms with Gasteiger partial charge in [-0.1, -0.05) is 35.8 Å². The zero-order valence-electron chi connectivity index (χ0n) is 12.9. The summed E-state index contributed by atoms with van der Waals surface area (Å²) in [6.07, 6.45) is -0.773. The van der Waals surface area contributed by atoms with E-state index in [0.717, 1.165) is 28.3 Å². The number of nitrogens with zero attached hydrogens (tertiary/aromatic N) is 1. The van der Waals surface area contributed by atoms with Crippen LogP contribution in [0.15, 0.2) is 41.3 Å². The maximum Gasteiger partial charge on any atom is 0.298 e. The van der Waals surface area contributed by atoms with Crippen LogP contribution < -0.4 is 0 Å². The fourth-order valence-electron chi connectivity index (χ4n) is 2.14. The molecule has 23 heavy (non-hydrogen) atoms. The van der Waals surface area contributed by atoms with E-state index in [1.165, 1.54) is 12.1 Å². The first-order chi connectivity index (χ1) is 10.8. The largest absolute Gasteiger partial charge is 0.298 e. The molecule has 6 heteroatoms. The highest BCUT2D eigenvalue weighted by atomic mass is 32.2. The molecule has 3 nitrogen and oxygen atoms in total. The Kier molecular flexibility index (Phi) is 5.55. The van der Waals surface area contributed by atoms with E-state index in [1.54, 1.807) is 18.1 Å². The predicted octanol–water partition coefficient (Wildman–Crippen LogP) is 3.22. The lowest BCUT2D eigenvalue weighted by Gasteiger charge is -2.21. The molecule has 0 atom stereocenters. The number of benzene rings is 1. The molecule has 1 aliphatic rings. The summed E-state index contributed by atoms with van der Waals surface area (Å²) in [5.74, 6) is 4.28. The van der Waals surface area contributed by atoms with Crippen molar-refractivity contribution in [2.24, 2.45) is 5.92 Å². The summed E-state index contributed by atoms with van der Waals surface area (Å²) in [6, 6.07) is 6.42. The lowest BCUT2D eigenvalue weighted by molar-refractivity contribution is 0.215. The average Bonchev–Trinajstić information content (AvgIpc) is 3.30. The van der Waals surface area contributed by atoms with Gasteiger partial charge in [0.1, 0.15) is 0 Å². The molecule has 0 saturated heterocycles. The summed E-state index contributed by atoms with van der Waals surface area (Å²) in [5, 5.41) is 0. The first-order valence-corrected chi connectivity index (χ1v) is 8.75. The second-order valence-electron chi connectivity index (χ2n) is 5.64. The quantitative estimate of drug-likeness (QED) is 0.589. The van der Waals surface area contributed by atoms with Gasteiger partial charge < -0.3 is 0 Å². The summed E-state index contributed by atoms with van der Waals surface area (Å²) in [7, 11) is -3.79. The molecule has 1 aliphatic carbocycles. The van der Waals surface area contributed by atoms with Gasteiger partial charge in [-0.15, -0.1) is 0 Å². The summed E-state index contributed by atoms with van der Waals surface area (Å²) < 4.78 is 51.0. The van der Waals surface area contributed by atoms with Gasteiger partial charge in [0, 0.05) is 6.54 Å². The normalized spacial score (nSPS) is 14.7. The van der Waals surface area contributed by atoms with Crippen molar-refractivity contribution >= 4 is 10.0 Å². The van der Waals surface area contributed by atoms with Gasteiger partial charge in [-0.2, -0.15) is 13.1 Å². The van der Waals surface area contributed by atoms with E-state index in [4.69, 9.17) is 0 Å². The molecule has 0 aliphatic heterocycles. The van der Waals surface area contributed by atoms with Crippen molar-refractivity contribution in [3.8, 4) is 11.8 Å². The SMILES string of the molecule is C=C(CN(CC#CC(F)F)S(=O)(=O)c1ccc(C)cc1)C1CC1. The van der Waals surface area contributed by atoms with Crippen molar-refractivity contribution in [1.82, 2.24) is 4.31 Å². The minimum atomic E-state index is -3.79. The Hall–Kier alpha value is -1.71. The number of hydrogen-bond donors (Lipinski definition) is 0. The minimum absolute atomic E-state index is 0.110. The molecule has 1 fully saturated rings. The third-order valence-electron chi connectivity index (χ3n) is 3.66. The van der Waals surface area contributed by atoms with Gasteiger partial charge in [0.15, 0.2) is 0 Å². The van der Waals surface area contributed by atoms with Crippen LogP contribution in [0.4, 0.5) is 8.78 Å². The molecule has 2 rings (SSSR count). The topological polar surface area (TPSA) is 37.4 Å². The third-order valence-corrected chi connectivity index (χ3v) is 5.47. The Labute approximate surface area is 136 Å². The summed E-state index contributed by atoms with van der Waals surface area (Å²) in [6.45, 7) is 5.62. The van der Waals surface area contributed by atoms with E-state index < -0.39 is 16.4 Å². The molecule has 0 heterocycles. The Bertz CT molecular complexity index is 726. The van der Waals surface area contributed by atoms with Gasteiger partial charge in [0.2, 0.25) is 10.0 Å². The van der Waals surface area contributed by atoms with E-state index in [-0.39, 0.29) is 18.0 Å². The van der Waals surface area contributed by atoms with Crippen LogP contribution in [0, 0.1) is 24.7 Å². The van der Waals surface area contributed by atoms with Crippen LogP contribution in [0.5, 0.6) is 0 Å². The zero-order chi connectivity index (χ0) is 17.0. The molecule has 0 amide bonds. The molecule has 1 aromatic rings. The molecular formula is C17H19F2NO2S. The van der Waals surface area contributed by atoms with Crippen molar-refractivity contribution in [3.05, 3.63) is 42.0 Å². The standard InChI is InChI=1S/C17H19F2NO2S/c1-13-5-9-16(10-6-13)23(21,22)20(11-3-4-17(18)19)12-14(2)15-7-8-15/h5-6,9-10,15,17H,2,7-8,11-12H2,1H3. The highest BCUT2D eigenvalue weighted by molar-refractivity contribution is 7.89. The fraction of sp³-hybridized carbons (Fsp3) is 0.412. The van der Waals surface area contributed by atoms with E-state index in [1.807, 2.05) is 6.92 Å². The van der Waals surface area contributed by atoms with Gasteiger partial charge in [-0.3, -0.25) is 0 Å². The molecule has 0 unspecified atom stereocenters. The number of alkyl halides is 2. The monoisotopic (exact) mass is 339 g/mol. The fourth-order valence-corrected chi connectivity index (χ4v) is 3.49. The van der Waals surface area contributed by atoms with Crippen LogP contribution in [0.3, 0.4) is 0 Å². The van der Waals surface area contributed by atoms with Crippen LogP contribution in [-0.2, 0) is 10.0 Å². The van der Waals surface area contributed by atoms with E-state index in [2.05, 4.69) is 12.5 Å². The van der Waals surface area contributed by atoms with E-state index in [9.17, 15) is 17.2 Å². The molecule has 0 spiro atoms. The second-order valence-corrected chi connectivity index (χ2v) is 7.58. The van der Waals surface area contributed by atoms with Gasteiger partial charge in [0.25, 0.3) is 6.43 Å². The second kappa shape index (κ2) is 7.24. The van der Waals surface area contributed by atoms with Crippen LogP contribution in [-0.4, -0.2) is 32.2 Å². The smallest absolute Gasteiger partial charge is 0.207 e. The zero-order valence-corrected chi connectivity index (χ0v) is 13.7. The van der Waals surface area contributed by atoms with Crippen LogP contribution >= 0.6 is 0 Å². The molecule has 0 N–H and O–H groups in total. The van der Waals surface area contributed by atoms with Crippen LogP contribution in [0.2, 0.25) is 0 Å². The molecule has 1 saturated carbocycles. The number of aryl methyl sites for hydroxylation is 1. The first kappa shape index (κ1) is 17.6. The van der Waals surface area contributed by atoms with E-state index in [0.29, 0.717) is 5.92 Å². The number of sulfonamides is 1.